The Labute approximate surface area is 66.5 Å². The van der Waals surface area contributed by atoms with Crippen LogP contribution in [0.2, 0.25) is 0 Å². The molecular weight excluding hydrogens is 138 g/mol. The van der Waals surface area contributed by atoms with Gasteiger partial charge in [0.15, 0.2) is 0 Å². The number of hydrogen-bond donors (Lipinski definition) is 1. The van der Waals surface area contributed by atoms with Gasteiger partial charge >= 0.3 is 0 Å². The standard InChI is InChI=1S/C8H13N3/c1-6(2)5-11-7(3)4-8(9)10-11/h4H,1,5H2,2-3H3,(H2,9,10). The molecule has 1 aromatic rings. The zero-order chi connectivity index (χ0) is 8.43. The monoisotopic (exact) mass is 151 g/mol. The van der Waals surface area contributed by atoms with E-state index in [-0.39, 0.29) is 0 Å². The highest BCUT2D eigenvalue weighted by Gasteiger charge is 1.99. The molecule has 0 amide bonds. The van der Waals surface area contributed by atoms with E-state index in [1.54, 1.807) is 0 Å². The molecule has 11 heavy (non-hydrogen) atoms. The molecule has 1 heterocycles. The van der Waals surface area contributed by atoms with Crippen molar-refractivity contribution < 1.29 is 0 Å². The minimum Gasteiger partial charge on any atom is -0.382 e. The Morgan fingerprint density at radius 3 is 2.82 bits per heavy atom. The van der Waals surface area contributed by atoms with Crippen molar-refractivity contribution in [3.63, 3.8) is 0 Å². The predicted octanol–water partition coefficient (Wildman–Crippen LogP) is 1.35. The molecule has 0 unspecified atom stereocenters. The molecule has 0 aromatic carbocycles. The van der Waals surface area contributed by atoms with E-state index in [0.717, 1.165) is 17.8 Å². The number of allylic oxidation sites excluding steroid dienone is 1. The fourth-order valence-electron chi connectivity index (χ4n) is 0.951. The van der Waals surface area contributed by atoms with Gasteiger partial charge in [0.25, 0.3) is 0 Å². The molecule has 2 N–H and O–H groups in total. The fourth-order valence-corrected chi connectivity index (χ4v) is 0.951. The van der Waals surface area contributed by atoms with Gasteiger partial charge in [-0.05, 0) is 13.8 Å². The van der Waals surface area contributed by atoms with Crippen LogP contribution >= 0.6 is 0 Å². The van der Waals surface area contributed by atoms with Crippen LogP contribution in [0.15, 0.2) is 18.2 Å². The van der Waals surface area contributed by atoms with E-state index in [1.165, 1.54) is 0 Å². The van der Waals surface area contributed by atoms with Crippen molar-refractivity contribution in [2.75, 3.05) is 5.73 Å². The number of aromatic nitrogens is 2. The number of nitrogens with zero attached hydrogens (tertiary/aromatic N) is 2. The van der Waals surface area contributed by atoms with E-state index < -0.39 is 0 Å². The average Bonchev–Trinajstić information content (AvgIpc) is 2.09. The summed E-state index contributed by atoms with van der Waals surface area (Å²) in [5.74, 6) is 0.573. The Bertz CT molecular complexity index is 273. The first-order valence-electron chi connectivity index (χ1n) is 3.54. The van der Waals surface area contributed by atoms with Crippen LogP contribution in [0.1, 0.15) is 12.6 Å². The topological polar surface area (TPSA) is 43.8 Å². The first kappa shape index (κ1) is 7.85. The van der Waals surface area contributed by atoms with Gasteiger partial charge in [0.05, 0.1) is 6.54 Å². The number of nitrogen functional groups attached to an aromatic ring is 1. The van der Waals surface area contributed by atoms with Crippen molar-refractivity contribution in [2.24, 2.45) is 0 Å². The molecule has 0 radical (unpaired) electrons. The normalized spacial score (nSPS) is 10.0. The third-order valence-corrected chi connectivity index (χ3v) is 1.42. The average molecular weight is 151 g/mol. The molecule has 0 saturated carbocycles. The minimum absolute atomic E-state index is 0.573. The second kappa shape index (κ2) is 2.78. The van der Waals surface area contributed by atoms with Crippen LogP contribution in [0.5, 0.6) is 0 Å². The lowest BCUT2D eigenvalue weighted by Gasteiger charge is -2.01. The second-order valence-electron chi connectivity index (χ2n) is 2.83. The van der Waals surface area contributed by atoms with E-state index in [9.17, 15) is 0 Å². The largest absolute Gasteiger partial charge is 0.382 e. The smallest absolute Gasteiger partial charge is 0.145 e. The summed E-state index contributed by atoms with van der Waals surface area (Å²) in [4.78, 5) is 0. The molecule has 0 spiro atoms. The summed E-state index contributed by atoms with van der Waals surface area (Å²) in [6, 6.07) is 1.85. The summed E-state index contributed by atoms with van der Waals surface area (Å²) in [7, 11) is 0. The molecule has 3 heteroatoms. The van der Waals surface area contributed by atoms with Gasteiger partial charge in [0, 0.05) is 11.8 Å². The summed E-state index contributed by atoms with van der Waals surface area (Å²) in [5, 5.41) is 4.08. The Kier molecular flexibility index (Phi) is 1.98. The Morgan fingerprint density at radius 2 is 2.45 bits per heavy atom. The van der Waals surface area contributed by atoms with Gasteiger partial charge in [-0.3, -0.25) is 4.68 Å². The van der Waals surface area contributed by atoms with Crippen molar-refractivity contribution in [2.45, 2.75) is 20.4 Å². The molecule has 0 aliphatic carbocycles. The number of aryl methyl sites for hydroxylation is 1. The lowest BCUT2D eigenvalue weighted by atomic mass is 10.3. The van der Waals surface area contributed by atoms with Crippen LogP contribution in [-0.4, -0.2) is 9.78 Å². The van der Waals surface area contributed by atoms with Gasteiger partial charge < -0.3 is 5.73 Å². The molecule has 0 saturated heterocycles. The first-order chi connectivity index (χ1) is 5.09. The van der Waals surface area contributed by atoms with Gasteiger partial charge in [-0.2, -0.15) is 5.10 Å². The van der Waals surface area contributed by atoms with Crippen LogP contribution < -0.4 is 5.73 Å². The fraction of sp³-hybridized carbons (Fsp3) is 0.375. The van der Waals surface area contributed by atoms with Crippen LogP contribution in [0, 0.1) is 6.92 Å². The number of anilines is 1. The molecule has 0 bridgehead atoms. The van der Waals surface area contributed by atoms with E-state index in [4.69, 9.17) is 5.73 Å². The second-order valence-corrected chi connectivity index (χ2v) is 2.83. The Balaban J connectivity index is 2.85. The van der Waals surface area contributed by atoms with Gasteiger partial charge in [-0.25, -0.2) is 0 Å². The van der Waals surface area contributed by atoms with Crippen molar-refractivity contribution in [1.29, 1.82) is 0 Å². The summed E-state index contributed by atoms with van der Waals surface area (Å²) in [6.45, 7) is 8.50. The zero-order valence-corrected chi connectivity index (χ0v) is 6.96. The quantitative estimate of drug-likeness (QED) is 0.648. The van der Waals surface area contributed by atoms with Gasteiger partial charge in [0.2, 0.25) is 0 Å². The molecule has 0 aliphatic heterocycles. The molecule has 0 aliphatic rings. The summed E-state index contributed by atoms with van der Waals surface area (Å²) in [6.07, 6.45) is 0. The van der Waals surface area contributed by atoms with Gasteiger partial charge in [-0.1, -0.05) is 12.2 Å². The van der Waals surface area contributed by atoms with Gasteiger partial charge in [-0.15, -0.1) is 0 Å². The van der Waals surface area contributed by atoms with E-state index in [1.807, 2.05) is 24.6 Å². The summed E-state index contributed by atoms with van der Waals surface area (Å²) < 4.78 is 1.84. The predicted molar refractivity (Wildman–Crippen MR) is 46.2 cm³/mol. The SMILES string of the molecule is C=C(C)Cn1nc(N)cc1C. The maximum Gasteiger partial charge on any atom is 0.145 e. The molecule has 1 rings (SSSR count). The van der Waals surface area contributed by atoms with Crippen molar-refractivity contribution in [1.82, 2.24) is 9.78 Å². The van der Waals surface area contributed by atoms with Crippen molar-refractivity contribution >= 4 is 5.82 Å². The molecule has 60 valence electrons. The van der Waals surface area contributed by atoms with Gasteiger partial charge in [0.1, 0.15) is 5.82 Å². The lowest BCUT2D eigenvalue weighted by Crippen LogP contribution is -2.03. The highest BCUT2D eigenvalue weighted by Crippen LogP contribution is 2.05. The van der Waals surface area contributed by atoms with Crippen LogP contribution in [0.25, 0.3) is 0 Å². The van der Waals surface area contributed by atoms with Crippen LogP contribution in [0.3, 0.4) is 0 Å². The summed E-state index contributed by atoms with van der Waals surface area (Å²) in [5.41, 5.74) is 7.65. The molecule has 0 atom stereocenters. The maximum atomic E-state index is 5.49. The molecule has 1 aromatic heterocycles. The van der Waals surface area contributed by atoms with Crippen LogP contribution in [0.4, 0.5) is 5.82 Å². The van der Waals surface area contributed by atoms with Crippen molar-refractivity contribution in [3.8, 4) is 0 Å². The van der Waals surface area contributed by atoms with E-state index >= 15 is 0 Å². The summed E-state index contributed by atoms with van der Waals surface area (Å²) >= 11 is 0. The first-order valence-corrected chi connectivity index (χ1v) is 3.54. The minimum atomic E-state index is 0.573. The Morgan fingerprint density at radius 1 is 1.82 bits per heavy atom. The maximum absolute atomic E-state index is 5.49. The highest BCUT2D eigenvalue weighted by atomic mass is 15.3. The Hall–Kier alpha value is -1.25. The third kappa shape index (κ3) is 1.83. The highest BCUT2D eigenvalue weighted by molar-refractivity contribution is 5.28. The third-order valence-electron chi connectivity index (χ3n) is 1.42. The lowest BCUT2D eigenvalue weighted by molar-refractivity contribution is 0.660. The van der Waals surface area contributed by atoms with E-state index in [0.29, 0.717) is 5.82 Å². The number of rotatable bonds is 2. The molecule has 0 fully saturated rings. The van der Waals surface area contributed by atoms with Crippen LogP contribution in [-0.2, 0) is 6.54 Å². The molecular formula is C8H13N3. The number of nitrogens with two attached hydrogens (primary N) is 1. The number of hydrogen-bond acceptors (Lipinski definition) is 2. The molecule has 3 nitrogen and oxygen atoms in total. The zero-order valence-electron chi connectivity index (χ0n) is 6.96. The van der Waals surface area contributed by atoms with E-state index in [2.05, 4.69) is 11.7 Å². The van der Waals surface area contributed by atoms with Crippen molar-refractivity contribution in [3.05, 3.63) is 23.9 Å².